The Hall–Kier alpha value is -2.51. The van der Waals surface area contributed by atoms with Crippen LogP contribution in [0.15, 0.2) is 18.5 Å². The van der Waals surface area contributed by atoms with E-state index in [9.17, 15) is 18.0 Å². The number of phenols is 1. The minimum atomic E-state index is -1.73. The van der Waals surface area contributed by atoms with Crippen LogP contribution in [0.5, 0.6) is 5.75 Å². The molecule has 0 spiro atoms. The van der Waals surface area contributed by atoms with Gasteiger partial charge in [-0.3, -0.25) is 4.79 Å². The lowest BCUT2D eigenvalue weighted by atomic mass is 10.1. The maximum atomic E-state index is 13.6. The standard InChI is InChI=1S/C12H10F3N3O2/c1-18(5-8-16-2-3-17-8)12(20)6-4-7(13)10(15)11(19)9(6)14/h2-4,19H,5H2,1H3,(H,16,17). The fourth-order valence-corrected chi connectivity index (χ4v) is 1.63. The molecular formula is C12H10F3N3O2. The number of rotatable bonds is 3. The van der Waals surface area contributed by atoms with Crippen molar-refractivity contribution in [1.29, 1.82) is 0 Å². The van der Waals surface area contributed by atoms with Gasteiger partial charge in [0.25, 0.3) is 5.91 Å². The Labute approximate surface area is 111 Å². The largest absolute Gasteiger partial charge is 0.503 e. The second kappa shape index (κ2) is 5.24. The van der Waals surface area contributed by atoms with Gasteiger partial charge < -0.3 is 15.0 Å². The van der Waals surface area contributed by atoms with Crippen LogP contribution in [0.25, 0.3) is 0 Å². The number of carbonyl (C=O) groups is 1. The number of aromatic hydroxyl groups is 1. The molecule has 0 aliphatic heterocycles. The van der Waals surface area contributed by atoms with Crippen LogP contribution in [-0.4, -0.2) is 32.9 Å². The fourth-order valence-electron chi connectivity index (χ4n) is 1.63. The average Bonchev–Trinajstić information content (AvgIpc) is 2.92. The molecule has 2 rings (SSSR count). The third kappa shape index (κ3) is 2.44. The van der Waals surface area contributed by atoms with Gasteiger partial charge in [0, 0.05) is 19.4 Å². The summed E-state index contributed by atoms with van der Waals surface area (Å²) in [6.45, 7) is 0.0189. The highest BCUT2D eigenvalue weighted by atomic mass is 19.2. The summed E-state index contributed by atoms with van der Waals surface area (Å²) in [5.74, 6) is -6.72. The molecule has 0 bridgehead atoms. The molecule has 1 aromatic heterocycles. The molecule has 0 radical (unpaired) electrons. The second-order valence-corrected chi connectivity index (χ2v) is 4.08. The van der Waals surface area contributed by atoms with Gasteiger partial charge in [-0.2, -0.15) is 4.39 Å². The first-order chi connectivity index (χ1) is 9.41. The molecular weight excluding hydrogens is 275 g/mol. The molecule has 0 saturated heterocycles. The zero-order valence-electron chi connectivity index (χ0n) is 10.3. The number of carbonyl (C=O) groups excluding carboxylic acids is 1. The van der Waals surface area contributed by atoms with Gasteiger partial charge in [0.05, 0.1) is 12.1 Å². The van der Waals surface area contributed by atoms with Crippen molar-refractivity contribution >= 4 is 5.91 Å². The third-order valence-electron chi connectivity index (χ3n) is 2.65. The number of hydrogen-bond donors (Lipinski definition) is 2. The molecule has 0 aliphatic rings. The van der Waals surface area contributed by atoms with E-state index in [-0.39, 0.29) is 6.54 Å². The van der Waals surface area contributed by atoms with Gasteiger partial charge in [0.1, 0.15) is 5.82 Å². The number of halogens is 3. The topological polar surface area (TPSA) is 69.2 Å². The number of aromatic amines is 1. The van der Waals surface area contributed by atoms with Crippen LogP contribution in [0, 0.1) is 17.5 Å². The Kier molecular flexibility index (Phi) is 3.64. The molecule has 0 atom stereocenters. The summed E-state index contributed by atoms with van der Waals surface area (Å²) in [7, 11) is 1.34. The predicted octanol–water partition coefficient (Wildman–Crippen LogP) is 1.80. The molecule has 20 heavy (non-hydrogen) atoms. The van der Waals surface area contributed by atoms with Crippen molar-refractivity contribution < 1.29 is 23.1 Å². The van der Waals surface area contributed by atoms with Gasteiger partial charge >= 0.3 is 0 Å². The van der Waals surface area contributed by atoms with E-state index in [1.54, 1.807) is 0 Å². The first kappa shape index (κ1) is 13.9. The minimum Gasteiger partial charge on any atom is -0.503 e. The van der Waals surface area contributed by atoms with Gasteiger partial charge in [-0.1, -0.05) is 0 Å². The van der Waals surface area contributed by atoms with Gasteiger partial charge in [-0.25, -0.2) is 13.8 Å². The number of H-pyrrole nitrogens is 1. The molecule has 1 heterocycles. The fraction of sp³-hybridized carbons (Fsp3) is 0.167. The third-order valence-corrected chi connectivity index (χ3v) is 2.65. The summed E-state index contributed by atoms with van der Waals surface area (Å²) < 4.78 is 39.7. The van der Waals surface area contributed by atoms with Crippen LogP contribution >= 0.6 is 0 Å². The molecule has 2 N–H and O–H groups in total. The molecule has 106 valence electrons. The SMILES string of the molecule is CN(Cc1ncc[nH]1)C(=O)c1cc(F)c(F)c(O)c1F. The van der Waals surface area contributed by atoms with E-state index in [1.165, 1.54) is 19.4 Å². The highest BCUT2D eigenvalue weighted by Crippen LogP contribution is 2.26. The summed E-state index contributed by atoms with van der Waals surface area (Å²) >= 11 is 0. The van der Waals surface area contributed by atoms with Crippen LogP contribution in [0.1, 0.15) is 16.2 Å². The van der Waals surface area contributed by atoms with E-state index in [0.717, 1.165) is 4.90 Å². The summed E-state index contributed by atoms with van der Waals surface area (Å²) in [6.07, 6.45) is 3.01. The lowest BCUT2D eigenvalue weighted by Crippen LogP contribution is -2.27. The Bertz CT molecular complexity index is 644. The van der Waals surface area contributed by atoms with Crippen LogP contribution in [0.3, 0.4) is 0 Å². The van der Waals surface area contributed by atoms with E-state index >= 15 is 0 Å². The number of imidazole rings is 1. The summed E-state index contributed by atoms with van der Waals surface area (Å²) in [5.41, 5.74) is -0.754. The molecule has 5 nitrogen and oxygen atoms in total. The summed E-state index contributed by atoms with van der Waals surface area (Å²) in [4.78, 5) is 19.6. The Morgan fingerprint density at radius 3 is 2.70 bits per heavy atom. The number of benzene rings is 1. The average molecular weight is 285 g/mol. The quantitative estimate of drug-likeness (QED) is 0.845. The van der Waals surface area contributed by atoms with Gasteiger partial charge in [-0.05, 0) is 6.07 Å². The van der Waals surface area contributed by atoms with Crippen LogP contribution in [-0.2, 0) is 6.54 Å². The van der Waals surface area contributed by atoms with E-state index < -0.39 is 34.7 Å². The van der Waals surface area contributed by atoms with Crippen LogP contribution in [0.4, 0.5) is 13.2 Å². The van der Waals surface area contributed by atoms with Crippen molar-refractivity contribution in [2.45, 2.75) is 6.54 Å². The first-order valence-corrected chi connectivity index (χ1v) is 5.52. The van der Waals surface area contributed by atoms with Crippen LogP contribution in [0.2, 0.25) is 0 Å². The number of aromatic nitrogens is 2. The van der Waals surface area contributed by atoms with Crippen LogP contribution < -0.4 is 0 Å². The monoisotopic (exact) mass is 285 g/mol. The highest BCUT2D eigenvalue weighted by molar-refractivity contribution is 5.94. The van der Waals surface area contributed by atoms with Crippen molar-refractivity contribution in [2.24, 2.45) is 0 Å². The lowest BCUT2D eigenvalue weighted by molar-refractivity contribution is 0.0775. The van der Waals surface area contributed by atoms with Crippen molar-refractivity contribution in [3.63, 3.8) is 0 Å². The van der Waals surface area contributed by atoms with Crippen molar-refractivity contribution in [1.82, 2.24) is 14.9 Å². The second-order valence-electron chi connectivity index (χ2n) is 4.08. The first-order valence-electron chi connectivity index (χ1n) is 5.52. The number of amides is 1. The Balaban J connectivity index is 2.29. The van der Waals surface area contributed by atoms with E-state index in [2.05, 4.69) is 9.97 Å². The van der Waals surface area contributed by atoms with Gasteiger partial charge in [-0.15, -0.1) is 0 Å². The zero-order valence-corrected chi connectivity index (χ0v) is 10.3. The molecule has 0 saturated carbocycles. The predicted molar refractivity (Wildman–Crippen MR) is 62.4 cm³/mol. The molecule has 0 fully saturated rings. The smallest absolute Gasteiger partial charge is 0.257 e. The van der Waals surface area contributed by atoms with Crippen molar-refractivity contribution in [2.75, 3.05) is 7.05 Å². The van der Waals surface area contributed by atoms with E-state index in [0.29, 0.717) is 11.9 Å². The van der Waals surface area contributed by atoms with Crippen molar-refractivity contribution in [3.05, 3.63) is 47.3 Å². The molecule has 2 aromatic rings. The van der Waals surface area contributed by atoms with E-state index in [4.69, 9.17) is 5.11 Å². The number of nitrogens with one attached hydrogen (secondary N) is 1. The zero-order chi connectivity index (χ0) is 14.9. The van der Waals surface area contributed by atoms with Gasteiger partial charge in [0.2, 0.25) is 5.82 Å². The number of hydrogen-bond acceptors (Lipinski definition) is 3. The Morgan fingerprint density at radius 1 is 1.40 bits per heavy atom. The Morgan fingerprint density at radius 2 is 2.10 bits per heavy atom. The highest BCUT2D eigenvalue weighted by Gasteiger charge is 2.24. The maximum Gasteiger partial charge on any atom is 0.257 e. The number of nitrogens with zero attached hydrogens (tertiary/aromatic N) is 2. The normalized spacial score (nSPS) is 10.6. The van der Waals surface area contributed by atoms with Gasteiger partial charge in [0.15, 0.2) is 17.4 Å². The van der Waals surface area contributed by atoms with E-state index in [1.807, 2.05) is 0 Å². The molecule has 0 aliphatic carbocycles. The maximum absolute atomic E-state index is 13.6. The van der Waals surface area contributed by atoms with Crippen molar-refractivity contribution in [3.8, 4) is 5.75 Å². The summed E-state index contributed by atoms with van der Waals surface area (Å²) in [5, 5.41) is 9.08. The minimum absolute atomic E-state index is 0.0189. The molecule has 1 amide bonds. The molecule has 0 unspecified atom stereocenters. The lowest BCUT2D eigenvalue weighted by Gasteiger charge is -2.16. The number of phenolic OH excluding ortho intramolecular Hbond substituents is 1. The summed E-state index contributed by atoms with van der Waals surface area (Å²) in [6, 6.07) is 0.408. The molecule has 8 heteroatoms. The molecule has 1 aromatic carbocycles.